The Morgan fingerprint density at radius 3 is 2.91 bits per heavy atom. The zero-order valence-corrected chi connectivity index (χ0v) is 19.7. The zero-order chi connectivity index (χ0) is 23.2. The predicted octanol–water partition coefficient (Wildman–Crippen LogP) is 4.10. The van der Waals surface area contributed by atoms with Gasteiger partial charge in [-0.2, -0.15) is 0 Å². The zero-order valence-electron chi connectivity index (χ0n) is 19.7. The smallest absolute Gasteiger partial charge is 0.410 e. The van der Waals surface area contributed by atoms with E-state index in [-0.39, 0.29) is 12.1 Å². The van der Waals surface area contributed by atoms with Crippen molar-refractivity contribution in [2.24, 2.45) is 0 Å². The molecule has 33 heavy (non-hydrogen) atoms. The summed E-state index contributed by atoms with van der Waals surface area (Å²) in [7, 11) is 0. The average molecular weight is 450 g/mol. The summed E-state index contributed by atoms with van der Waals surface area (Å²) in [6, 6.07) is 8.39. The first kappa shape index (κ1) is 21.7. The number of hydrogen-bond acceptors (Lipinski definition) is 6. The molecular formula is C25H31N5O3. The normalized spacial score (nSPS) is 20.1. The quantitative estimate of drug-likeness (QED) is 0.648. The summed E-state index contributed by atoms with van der Waals surface area (Å²) >= 11 is 0. The molecule has 2 aliphatic rings. The number of aromatic nitrogens is 3. The van der Waals surface area contributed by atoms with Crippen LogP contribution < -0.4 is 4.90 Å². The number of anilines is 1. The van der Waals surface area contributed by atoms with Crippen LogP contribution in [-0.4, -0.2) is 64.9 Å². The summed E-state index contributed by atoms with van der Waals surface area (Å²) < 4.78 is 11.1. The summed E-state index contributed by atoms with van der Waals surface area (Å²) in [5.41, 5.74) is 3.38. The number of H-pyrrole nitrogens is 1. The lowest BCUT2D eigenvalue weighted by Crippen LogP contribution is -2.52. The topological polar surface area (TPSA) is 83.6 Å². The van der Waals surface area contributed by atoms with Gasteiger partial charge in [0.25, 0.3) is 0 Å². The van der Waals surface area contributed by atoms with E-state index in [9.17, 15) is 4.79 Å². The summed E-state index contributed by atoms with van der Waals surface area (Å²) in [4.78, 5) is 30.4. The number of nitrogens with one attached hydrogen (secondary N) is 1. The minimum atomic E-state index is -0.631. The number of carbonyl (C=O) groups is 1. The highest BCUT2D eigenvalue weighted by atomic mass is 16.6. The van der Waals surface area contributed by atoms with Crippen LogP contribution in [0.5, 0.6) is 0 Å². The maximum Gasteiger partial charge on any atom is 0.410 e. The molecule has 1 aromatic carbocycles. The Morgan fingerprint density at radius 2 is 2.12 bits per heavy atom. The molecule has 1 N–H and O–H groups in total. The highest BCUT2D eigenvalue weighted by Gasteiger charge is 2.42. The number of fused-ring (bicyclic) bond motifs is 2. The maximum absolute atomic E-state index is 12.8. The number of morpholine rings is 1. The number of rotatable bonds is 3. The van der Waals surface area contributed by atoms with Crippen LogP contribution in [0.15, 0.2) is 30.5 Å². The molecule has 5 rings (SSSR count). The van der Waals surface area contributed by atoms with Crippen LogP contribution in [0.4, 0.5) is 10.6 Å². The number of amides is 1. The fourth-order valence-corrected chi connectivity index (χ4v) is 5.04. The molecule has 2 aromatic heterocycles. The van der Waals surface area contributed by atoms with Gasteiger partial charge in [-0.25, -0.2) is 14.8 Å². The van der Waals surface area contributed by atoms with E-state index in [1.165, 1.54) is 0 Å². The first-order valence-corrected chi connectivity index (χ1v) is 11.7. The molecule has 174 valence electrons. The van der Waals surface area contributed by atoms with Crippen molar-refractivity contribution in [2.75, 3.05) is 37.8 Å². The number of carbonyl (C=O) groups excluding carboxylic acids is 1. The number of hydrogen-bond donors (Lipinski definition) is 1. The van der Waals surface area contributed by atoms with Gasteiger partial charge in [0.1, 0.15) is 5.82 Å². The van der Waals surface area contributed by atoms with Gasteiger partial charge in [0.15, 0.2) is 5.82 Å². The van der Waals surface area contributed by atoms with Crippen molar-refractivity contribution in [3.63, 3.8) is 0 Å². The van der Waals surface area contributed by atoms with Crippen LogP contribution in [0, 0.1) is 0 Å². The molecule has 0 unspecified atom stereocenters. The van der Waals surface area contributed by atoms with E-state index in [0.717, 1.165) is 40.1 Å². The second-order valence-corrected chi connectivity index (χ2v) is 9.22. The number of ether oxygens (including phenoxy) is 2. The lowest BCUT2D eigenvalue weighted by molar-refractivity contribution is 0.0569. The average Bonchev–Trinajstić information content (AvgIpc) is 3.28. The van der Waals surface area contributed by atoms with Gasteiger partial charge >= 0.3 is 6.09 Å². The first-order chi connectivity index (χ1) is 15.9. The van der Waals surface area contributed by atoms with Gasteiger partial charge in [-0.1, -0.05) is 12.1 Å². The Kier molecular flexibility index (Phi) is 5.48. The largest absolute Gasteiger partial charge is 0.450 e. The standard InChI is InChI=1S/C25H31N5O3/c1-5-33-24(31)30-12-10-19-21(25(30,3)4)27-22(18-7-6-8-20-17(18)9-11-26-20)28-23(19)29-13-14-32-15-16(29)2/h6-9,11,16,26H,5,10,12-15H2,1-4H3/t16-/m1/s1. The lowest BCUT2D eigenvalue weighted by Gasteiger charge is -2.44. The van der Waals surface area contributed by atoms with Crippen LogP contribution in [0.25, 0.3) is 22.3 Å². The van der Waals surface area contributed by atoms with Crippen LogP contribution in [0.1, 0.15) is 39.0 Å². The third kappa shape index (κ3) is 3.62. The minimum Gasteiger partial charge on any atom is -0.450 e. The molecule has 4 heterocycles. The summed E-state index contributed by atoms with van der Waals surface area (Å²) in [5, 5.41) is 1.08. The monoisotopic (exact) mass is 449 g/mol. The second-order valence-electron chi connectivity index (χ2n) is 9.22. The molecule has 1 fully saturated rings. The van der Waals surface area contributed by atoms with Gasteiger partial charge in [-0.15, -0.1) is 0 Å². The molecule has 0 aliphatic carbocycles. The van der Waals surface area contributed by atoms with Crippen LogP contribution in [-0.2, 0) is 21.4 Å². The van der Waals surface area contributed by atoms with Crippen molar-refractivity contribution in [1.82, 2.24) is 19.9 Å². The van der Waals surface area contributed by atoms with Crippen molar-refractivity contribution >= 4 is 22.8 Å². The third-order valence-electron chi connectivity index (χ3n) is 6.79. The molecule has 3 aromatic rings. The van der Waals surface area contributed by atoms with Crippen molar-refractivity contribution < 1.29 is 14.3 Å². The molecule has 2 aliphatic heterocycles. The van der Waals surface area contributed by atoms with E-state index in [0.29, 0.717) is 38.6 Å². The van der Waals surface area contributed by atoms with Crippen LogP contribution in [0.2, 0.25) is 0 Å². The SMILES string of the molecule is CCOC(=O)N1CCc2c(N3CCOC[C@H]3C)nc(-c3cccc4[nH]ccc34)nc2C1(C)C. The van der Waals surface area contributed by atoms with Crippen molar-refractivity contribution in [3.8, 4) is 11.4 Å². The fourth-order valence-electron chi connectivity index (χ4n) is 5.04. The minimum absolute atomic E-state index is 0.208. The van der Waals surface area contributed by atoms with E-state index in [1.807, 2.05) is 33.0 Å². The van der Waals surface area contributed by atoms with Gasteiger partial charge in [0.05, 0.1) is 37.1 Å². The van der Waals surface area contributed by atoms with Gasteiger partial charge < -0.3 is 19.4 Å². The molecule has 8 heteroatoms. The molecule has 0 saturated carbocycles. The lowest BCUT2D eigenvalue weighted by atomic mass is 9.87. The third-order valence-corrected chi connectivity index (χ3v) is 6.79. The van der Waals surface area contributed by atoms with E-state index in [2.05, 4.69) is 35.0 Å². The Bertz CT molecular complexity index is 1190. The Balaban J connectivity index is 1.71. The van der Waals surface area contributed by atoms with Gasteiger partial charge in [0, 0.05) is 41.3 Å². The Morgan fingerprint density at radius 1 is 1.27 bits per heavy atom. The molecule has 1 saturated heterocycles. The summed E-state index contributed by atoms with van der Waals surface area (Å²) in [6.07, 6.45) is 2.32. The van der Waals surface area contributed by atoms with E-state index < -0.39 is 5.54 Å². The molecule has 1 amide bonds. The van der Waals surface area contributed by atoms with Gasteiger partial charge in [-0.05, 0) is 46.2 Å². The Hall–Kier alpha value is -3.13. The van der Waals surface area contributed by atoms with Gasteiger partial charge in [0.2, 0.25) is 0 Å². The van der Waals surface area contributed by atoms with E-state index in [1.54, 1.807) is 4.90 Å². The second kappa shape index (κ2) is 8.33. The highest BCUT2D eigenvalue weighted by molar-refractivity contribution is 5.93. The maximum atomic E-state index is 12.8. The van der Waals surface area contributed by atoms with Gasteiger partial charge in [-0.3, -0.25) is 4.90 Å². The number of nitrogens with zero attached hydrogens (tertiary/aromatic N) is 4. The highest BCUT2D eigenvalue weighted by Crippen LogP contribution is 2.40. The molecule has 0 radical (unpaired) electrons. The van der Waals surface area contributed by atoms with E-state index in [4.69, 9.17) is 19.4 Å². The predicted molar refractivity (Wildman–Crippen MR) is 127 cm³/mol. The Labute approximate surface area is 193 Å². The molecule has 8 nitrogen and oxygen atoms in total. The van der Waals surface area contributed by atoms with Crippen LogP contribution in [0.3, 0.4) is 0 Å². The van der Waals surface area contributed by atoms with E-state index >= 15 is 0 Å². The number of benzene rings is 1. The molecule has 0 bridgehead atoms. The summed E-state index contributed by atoms with van der Waals surface area (Å²) in [6.45, 7) is 11.1. The van der Waals surface area contributed by atoms with Crippen molar-refractivity contribution in [1.29, 1.82) is 0 Å². The van der Waals surface area contributed by atoms with Crippen molar-refractivity contribution in [3.05, 3.63) is 41.7 Å². The first-order valence-electron chi connectivity index (χ1n) is 11.7. The van der Waals surface area contributed by atoms with Crippen LogP contribution >= 0.6 is 0 Å². The number of aromatic amines is 1. The molecular weight excluding hydrogens is 418 g/mol. The van der Waals surface area contributed by atoms with Crippen molar-refractivity contribution in [2.45, 2.75) is 45.7 Å². The summed E-state index contributed by atoms with van der Waals surface area (Å²) in [5.74, 6) is 1.63. The molecule has 1 atom stereocenters. The fraction of sp³-hybridized carbons (Fsp3) is 0.480. The molecule has 0 spiro atoms.